The molecule has 4 heteroatoms. The van der Waals surface area contributed by atoms with Gasteiger partial charge in [0, 0.05) is 11.8 Å². The van der Waals surface area contributed by atoms with Gasteiger partial charge in [0.2, 0.25) is 0 Å². The van der Waals surface area contributed by atoms with Crippen LogP contribution in [0.3, 0.4) is 0 Å². The lowest BCUT2D eigenvalue weighted by Crippen LogP contribution is -2.39. The topological polar surface area (TPSA) is 26.0 Å². The third-order valence-corrected chi connectivity index (χ3v) is 3.61. The molecule has 1 nitrogen and oxygen atoms in total. The first-order chi connectivity index (χ1) is 7.33. The zero-order valence-electron chi connectivity index (χ0n) is 10.6. The average Bonchev–Trinajstić information content (AvgIpc) is 2.20. The number of rotatable bonds is 6. The van der Waals surface area contributed by atoms with Crippen LogP contribution >= 0.6 is 23.2 Å². The minimum Gasteiger partial charge on any atom is -0.315 e. The lowest BCUT2D eigenvalue weighted by molar-refractivity contribution is 0.459. The van der Waals surface area contributed by atoms with E-state index in [0.717, 1.165) is 25.7 Å². The Morgan fingerprint density at radius 1 is 1.06 bits per heavy atom. The van der Waals surface area contributed by atoms with Gasteiger partial charge >= 0.3 is 0 Å². The monoisotopic (exact) mass is 279 g/mol. The van der Waals surface area contributed by atoms with Gasteiger partial charge in [0.1, 0.15) is 8.07 Å². The van der Waals surface area contributed by atoms with Crippen LogP contribution in [0.1, 0.15) is 25.7 Å². The van der Waals surface area contributed by atoms with Crippen LogP contribution in [0, 0.1) is 11.5 Å². The second-order valence-electron chi connectivity index (χ2n) is 5.24. The van der Waals surface area contributed by atoms with E-state index < -0.39 is 8.07 Å². The molecule has 0 aromatic rings. The lowest BCUT2D eigenvalue weighted by Gasteiger charge is -2.23. The highest BCUT2D eigenvalue weighted by Gasteiger charge is 2.22. The fourth-order valence-electron chi connectivity index (χ4n) is 1.33. The van der Waals surface area contributed by atoms with E-state index in [-0.39, 0.29) is 5.54 Å². The predicted octanol–water partition coefficient (Wildman–Crippen LogP) is 3.60. The Morgan fingerprint density at radius 3 is 1.81 bits per heavy atom. The fraction of sp³-hybridized carbons (Fsp3) is 0.833. The van der Waals surface area contributed by atoms with Gasteiger partial charge in [0.15, 0.2) is 0 Å². The summed E-state index contributed by atoms with van der Waals surface area (Å²) in [5.74, 6) is 4.57. The number of nitrogens with two attached hydrogens (primary N) is 1. The van der Waals surface area contributed by atoms with Crippen molar-refractivity contribution in [3.8, 4) is 11.5 Å². The zero-order valence-corrected chi connectivity index (χ0v) is 13.1. The van der Waals surface area contributed by atoms with Gasteiger partial charge in [-0.25, -0.2) is 0 Å². The normalized spacial score (nSPS) is 12.1. The third kappa shape index (κ3) is 8.47. The van der Waals surface area contributed by atoms with Crippen molar-refractivity contribution in [1.82, 2.24) is 0 Å². The summed E-state index contributed by atoms with van der Waals surface area (Å²) in [5, 5.41) is 0. The van der Waals surface area contributed by atoms with Crippen LogP contribution in [0.15, 0.2) is 0 Å². The van der Waals surface area contributed by atoms with Gasteiger partial charge < -0.3 is 5.73 Å². The maximum absolute atomic E-state index is 6.31. The first-order valence-corrected chi connectivity index (χ1v) is 10.3. The van der Waals surface area contributed by atoms with Crippen LogP contribution in [0.2, 0.25) is 19.6 Å². The minimum absolute atomic E-state index is 0.385. The molecule has 0 saturated heterocycles. The zero-order chi connectivity index (χ0) is 12.7. The second-order valence-corrected chi connectivity index (χ2v) is 10.7. The summed E-state index contributed by atoms with van der Waals surface area (Å²) >= 11 is 11.4. The molecular formula is C12H23Cl2NSi. The van der Waals surface area contributed by atoms with Gasteiger partial charge in [-0.2, -0.15) is 0 Å². The van der Waals surface area contributed by atoms with Crippen molar-refractivity contribution in [1.29, 1.82) is 0 Å². The van der Waals surface area contributed by atoms with E-state index >= 15 is 0 Å². The molecule has 16 heavy (non-hydrogen) atoms. The summed E-state index contributed by atoms with van der Waals surface area (Å²) in [6.45, 7) is 6.68. The molecule has 0 saturated carbocycles. The second kappa shape index (κ2) is 7.61. The van der Waals surface area contributed by atoms with Gasteiger partial charge in [-0.15, -0.1) is 28.7 Å². The molecular weight excluding hydrogens is 257 g/mol. The highest BCUT2D eigenvalue weighted by atomic mass is 35.5. The number of halogens is 2. The Labute approximate surface area is 111 Å². The summed E-state index contributed by atoms with van der Waals surface area (Å²) in [6.07, 6.45) is 3.57. The van der Waals surface area contributed by atoms with E-state index in [1.54, 1.807) is 0 Å². The van der Waals surface area contributed by atoms with Gasteiger partial charge in [-0.05, 0) is 25.7 Å². The van der Waals surface area contributed by atoms with Gasteiger partial charge in [0.05, 0.1) is 5.54 Å². The van der Waals surface area contributed by atoms with Crippen LogP contribution in [-0.2, 0) is 0 Å². The van der Waals surface area contributed by atoms with E-state index in [0.29, 0.717) is 11.8 Å². The van der Waals surface area contributed by atoms with Crippen molar-refractivity contribution < 1.29 is 0 Å². The molecule has 0 aromatic heterocycles. The third-order valence-electron chi connectivity index (χ3n) is 2.20. The standard InChI is InChI=1S/C12H23Cl2NSi/c1-16(2,3)11-8-12(15,6-4-9-13)7-5-10-14/h4-7,9-10,15H2,1-3H3. The van der Waals surface area contributed by atoms with Crippen molar-refractivity contribution in [3.63, 3.8) is 0 Å². The van der Waals surface area contributed by atoms with Crippen molar-refractivity contribution >= 4 is 31.3 Å². The molecule has 0 spiro atoms. The molecule has 0 aromatic carbocycles. The highest BCUT2D eigenvalue weighted by molar-refractivity contribution is 6.83. The number of hydrogen-bond donors (Lipinski definition) is 1. The Balaban J connectivity index is 4.55. The number of alkyl halides is 2. The molecule has 0 rings (SSSR count). The molecule has 0 amide bonds. The van der Waals surface area contributed by atoms with E-state index in [1.165, 1.54) is 0 Å². The molecule has 0 atom stereocenters. The Hall–Kier alpha value is 0.317. The molecule has 0 aliphatic heterocycles. The quantitative estimate of drug-likeness (QED) is 0.449. The first kappa shape index (κ1) is 16.3. The van der Waals surface area contributed by atoms with Crippen LogP contribution < -0.4 is 5.73 Å². The molecule has 0 fully saturated rings. The summed E-state index contributed by atoms with van der Waals surface area (Å²) in [7, 11) is -1.35. The molecule has 0 unspecified atom stereocenters. The fourth-order valence-corrected chi connectivity index (χ4v) is 2.22. The van der Waals surface area contributed by atoms with Gasteiger partial charge in [-0.3, -0.25) is 0 Å². The van der Waals surface area contributed by atoms with Crippen molar-refractivity contribution in [2.75, 3.05) is 11.8 Å². The van der Waals surface area contributed by atoms with E-state index in [9.17, 15) is 0 Å². The molecule has 0 bridgehead atoms. The maximum Gasteiger partial charge on any atom is 0.129 e. The van der Waals surface area contributed by atoms with Crippen LogP contribution in [0.4, 0.5) is 0 Å². The summed E-state index contributed by atoms with van der Waals surface area (Å²) in [4.78, 5) is 0. The smallest absolute Gasteiger partial charge is 0.129 e. The lowest BCUT2D eigenvalue weighted by atomic mass is 9.91. The molecule has 94 valence electrons. The Morgan fingerprint density at radius 2 is 1.50 bits per heavy atom. The Kier molecular flexibility index (Phi) is 7.76. The van der Waals surface area contributed by atoms with Crippen LogP contribution in [0.5, 0.6) is 0 Å². The van der Waals surface area contributed by atoms with Gasteiger partial charge in [0.25, 0.3) is 0 Å². The van der Waals surface area contributed by atoms with Crippen LogP contribution in [0.25, 0.3) is 0 Å². The van der Waals surface area contributed by atoms with E-state index in [4.69, 9.17) is 28.9 Å². The SMILES string of the molecule is C[Si](C)(C)C#CC(N)(CCCCl)CCCCl. The van der Waals surface area contributed by atoms with Gasteiger partial charge in [-0.1, -0.05) is 25.6 Å². The van der Waals surface area contributed by atoms with Crippen molar-refractivity contribution in [2.45, 2.75) is 50.9 Å². The maximum atomic E-state index is 6.31. The first-order valence-electron chi connectivity index (χ1n) is 5.78. The molecule has 0 radical (unpaired) electrons. The summed E-state index contributed by atoms with van der Waals surface area (Å²) in [6, 6.07) is 0. The number of hydrogen-bond acceptors (Lipinski definition) is 1. The predicted molar refractivity (Wildman–Crippen MR) is 77.9 cm³/mol. The highest BCUT2D eigenvalue weighted by Crippen LogP contribution is 2.17. The van der Waals surface area contributed by atoms with E-state index in [1.807, 2.05) is 0 Å². The summed E-state index contributed by atoms with van der Waals surface area (Å²) < 4.78 is 0. The molecule has 2 N–H and O–H groups in total. The largest absolute Gasteiger partial charge is 0.315 e. The molecule has 0 heterocycles. The van der Waals surface area contributed by atoms with E-state index in [2.05, 4.69) is 31.1 Å². The van der Waals surface area contributed by atoms with Crippen molar-refractivity contribution in [2.24, 2.45) is 5.73 Å². The van der Waals surface area contributed by atoms with Crippen molar-refractivity contribution in [3.05, 3.63) is 0 Å². The summed E-state index contributed by atoms with van der Waals surface area (Å²) in [5.41, 5.74) is 9.28. The average molecular weight is 280 g/mol. The minimum atomic E-state index is -1.35. The molecule has 0 aliphatic rings. The van der Waals surface area contributed by atoms with Crippen LogP contribution in [-0.4, -0.2) is 25.4 Å². The molecule has 0 aliphatic carbocycles. The Bertz CT molecular complexity index is 242.